The quantitative estimate of drug-likeness (QED) is 0.917. The highest BCUT2D eigenvalue weighted by Crippen LogP contribution is 2.31. The smallest absolute Gasteiger partial charge is 0.265 e. The summed E-state index contributed by atoms with van der Waals surface area (Å²) < 4.78 is 27.6. The first-order chi connectivity index (χ1) is 10.5. The third-order valence-corrected chi connectivity index (χ3v) is 6.03. The molecule has 1 N–H and O–H groups in total. The van der Waals surface area contributed by atoms with E-state index in [4.69, 9.17) is 11.6 Å². The van der Waals surface area contributed by atoms with Crippen molar-refractivity contribution in [1.29, 1.82) is 0 Å². The van der Waals surface area contributed by atoms with E-state index in [0.29, 0.717) is 18.8 Å². The highest BCUT2D eigenvalue weighted by atomic mass is 35.5. The first-order valence-electron chi connectivity index (χ1n) is 7.08. The van der Waals surface area contributed by atoms with Crippen LogP contribution >= 0.6 is 11.6 Å². The van der Waals surface area contributed by atoms with E-state index in [1.54, 1.807) is 24.3 Å². The van der Waals surface area contributed by atoms with E-state index >= 15 is 0 Å². The number of hydrogen-bond acceptors (Lipinski definition) is 3. The van der Waals surface area contributed by atoms with Crippen molar-refractivity contribution in [3.63, 3.8) is 0 Å². The molecule has 2 aromatic carbocycles. The molecule has 22 heavy (non-hydrogen) atoms. The van der Waals surface area contributed by atoms with Gasteiger partial charge in [-0.15, -0.1) is 0 Å². The number of rotatable bonds is 2. The lowest BCUT2D eigenvalue weighted by molar-refractivity contribution is 0.556. The van der Waals surface area contributed by atoms with Gasteiger partial charge in [-0.25, -0.2) is 8.42 Å². The largest absolute Gasteiger partial charge is 0.308 e. The molecule has 2 aromatic rings. The normalized spacial score (nSPS) is 18.6. The van der Waals surface area contributed by atoms with Crippen molar-refractivity contribution in [3.05, 3.63) is 59.1 Å². The molecule has 0 amide bonds. The summed E-state index contributed by atoms with van der Waals surface area (Å²) in [6, 6.07) is 14.1. The summed E-state index contributed by atoms with van der Waals surface area (Å²) in [6.07, 6.45) is 0. The second-order valence-electron chi connectivity index (χ2n) is 5.38. The molecule has 1 atom stereocenters. The highest BCUT2D eigenvalue weighted by molar-refractivity contribution is 7.93. The minimum Gasteiger partial charge on any atom is -0.308 e. The second kappa shape index (κ2) is 5.91. The molecule has 6 heteroatoms. The van der Waals surface area contributed by atoms with Crippen LogP contribution in [-0.4, -0.2) is 21.0 Å². The summed E-state index contributed by atoms with van der Waals surface area (Å²) in [6.45, 7) is 2.98. The Balaban J connectivity index is 2.15. The molecule has 1 aliphatic rings. The lowest BCUT2D eigenvalue weighted by Crippen LogP contribution is -2.39. The molecule has 116 valence electrons. The van der Waals surface area contributed by atoms with Crippen molar-refractivity contribution in [1.82, 2.24) is 5.32 Å². The van der Waals surface area contributed by atoms with Gasteiger partial charge in [0.05, 0.1) is 10.7 Å². The summed E-state index contributed by atoms with van der Waals surface area (Å²) in [5, 5.41) is 3.57. The van der Waals surface area contributed by atoms with Gasteiger partial charge in [-0.2, -0.15) is 0 Å². The lowest BCUT2D eigenvalue weighted by atomic mass is 10.2. The van der Waals surface area contributed by atoms with Crippen LogP contribution in [0, 0.1) is 0 Å². The Morgan fingerprint density at radius 1 is 1.14 bits per heavy atom. The van der Waals surface area contributed by atoms with Gasteiger partial charge in [0, 0.05) is 19.1 Å². The molecule has 0 saturated carbocycles. The number of para-hydroxylation sites is 1. The van der Waals surface area contributed by atoms with Gasteiger partial charge in [0.2, 0.25) is 0 Å². The van der Waals surface area contributed by atoms with Crippen molar-refractivity contribution in [2.45, 2.75) is 24.4 Å². The van der Waals surface area contributed by atoms with Crippen molar-refractivity contribution < 1.29 is 8.42 Å². The highest BCUT2D eigenvalue weighted by Gasteiger charge is 2.31. The molecule has 1 aliphatic heterocycles. The van der Waals surface area contributed by atoms with Gasteiger partial charge in [-0.05, 0) is 30.7 Å². The van der Waals surface area contributed by atoms with Crippen LogP contribution in [-0.2, 0) is 16.6 Å². The first kappa shape index (κ1) is 15.3. The third kappa shape index (κ3) is 2.72. The van der Waals surface area contributed by atoms with Gasteiger partial charge < -0.3 is 5.32 Å². The minimum absolute atomic E-state index is 0.0460. The fourth-order valence-corrected chi connectivity index (χ4v) is 4.69. The zero-order valence-electron chi connectivity index (χ0n) is 12.2. The van der Waals surface area contributed by atoms with Gasteiger partial charge in [0.1, 0.15) is 4.90 Å². The van der Waals surface area contributed by atoms with Crippen LogP contribution in [0.3, 0.4) is 0 Å². The van der Waals surface area contributed by atoms with Gasteiger partial charge >= 0.3 is 0 Å². The van der Waals surface area contributed by atoms with Crippen LogP contribution in [0.1, 0.15) is 12.5 Å². The van der Waals surface area contributed by atoms with E-state index in [2.05, 4.69) is 5.32 Å². The van der Waals surface area contributed by atoms with Crippen molar-refractivity contribution >= 4 is 27.3 Å². The van der Waals surface area contributed by atoms with E-state index in [1.165, 1.54) is 4.31 Å². The first-order valence-corrected chi connectivity index (χ1v) is 8.90. The molecule has 0 radical (unpaired) electrons. The zero-order chi connectivity index (χ0) is 15.7. The van der Waals surface area contributed by atoms with Crippen LogP contribution in [0.25, 0.3) is 0 Å². The molecule has 0 aromatic heterocycles. The SMILES string of the molecule is CC1CN(S(=O)(=O)c2ccccc2Cl)c2ccccc2CN1. The molecular formula is C16H17ClN2O2S. The molecule has 0 fully saturated rings. The van der Waals surface area contributed by atoms with Gasteiger partial charge in [-0.1, -0.05) is 41.9 Å². The Labute approximate surface area is 135 Å². The predicted molar refractivity (Wildman–Crippen MR) is 88.7 cm³/mol. The molecular weight excluding hydrogens is 320 g/mol. The average Bonchev–Trinajstić information content (AvgIpc) is 2.68. The van der Waals surface area contributed by atoms with Crippen LogP contribution < -0.4 is 9.62 Å². The van der Waals surface area contributed by atoms with E-state index in [-0.39, 0.29) is 16.0 Å². The van der Waals surface area contributed by atoms with E-state index in [1.807, 2.05) is 31.2 Å². The van der Waals surface area contributed by atoms with E-state index in [0.717, 1.165) is 5.56 Å². The number of nitrogens with one attached hydrogen (secondary N) is 1. The van der Waals surface area contributed by atoms with Crippen LogP contribution in [0.2, 0.25) is 5.02 Å². The lowest BCUT2D eigenvalue weighted by Gasteiger charge is -2.26. The fourth-order valence-electron chi connectivity index (χ4n) is 2.60. The van der Waals surface area contributed by atoms with Crippen molar-refractivity contribution in [2.24, 2.45) is 0 Å². The van der Waals surface area contributed by atoms with Crippen LogP contribution in [0.4, 0.5) is 5.69 Å². The topological polar surface area (TPSA) is 49.4 Å². The van der Waals surface area contributed by atoms with Gasteiger partial charge in [-0.3, -0.25) is 4.31 Å². The standard InChI is InChI=1S/C16H17ClN2O2S/c1-12-11-19(15-8-4-2-6-13(15)10-18-12)22(20,21)16-9-5-3-7-14(16)17/h2-9,12,18H,10-11H2,1H3. The van der Waals surface area contributed by atoms with Crippen molar-refractivity contribution in [3.8, 4) is 0 Å². The number of nitrogens with zero attached hydrogens (tertiary/aromatic N) is 1. The molecule has 4 nitrogen and oxygen atoms in total. The zero-order valence-corrected chi connectivity index (χ0v) is 13.7. The average molecular weight is 337 g/mol. The Bertz CT molecular complexity index is 792. The maximum Gasteiger partial charge on any atom is 0.265 e. The molecule has 0 saturated heterocycles. The molecule has 1 heterocycles. The second-order valence-corrected chi connectivity index (χ2v) is 7.62. The third-order valence-electron chi connectivity index (χ3n) is 3.75. The van der Waals surface area contributed by atoms with Crippen LogP contribution in [0.15, 0.2) is 53.4 Å². The van der Waals surface area contributed by atoms with E-state index in [9.17, 15) is 8.42 Å². The Kier molecular flexibility index (Phi) is 4.12. The summed E-state index contributed by atoms with van der Waals surface area (Å²) in [5.74, 6) is 0. The minimum atomic E-state index is -3.70. The number of hydrogen-bond donors (Lipinski definition) is 1. The van der Waals surface area contributed by atoms with Gasteiger partial charge in [0.25, 0.3) is 10.0 Å². The predicted octanol–water partition coefficient (Wildman–Crippen LogP) is 3.03. The number of anilines is 1. The summed E-state index contributed by atoms with van der Waals surface area (Å²) in [5.41, 5.74) is 1.67. The maximum atomic E-state index is 13.1. The number of fused-ring (bicyclic) bond motifs is 1. The molecule has 1 unspecified atom stereocenters. The van der Waals surface area contributed by atoms with Gasteiger partial charge in [0.15, 0.2) is 0 Å². The molecule has 3 rings (SSSR count). The monoisotopic (exact) mass is 336 g/mol. The molecule has 0 aliphatic carbocycles. The number of benzene rings is 2. The fraction of sp³-hybridized carbons (Fsp3) is 0.250. The number of halogens is 1. The number of sulfonamides is 1. The Morgan fingerprint density at radius 3 is 2.59 bits per heavy atom. The molecule has 0 spiro atoms. The Hall–Kier alpha value is -1.56. The maximum absolute atomic E-state index is 13.1. The van der Waals surface area contributed by atoms with E-state index < -0.39 is 10.0 Å². The van der Waals surface area contributed by atoms with Crippen molar-refractivity contribution in [2.75, 3.05) is 10.8 Å². The summed E-state index contributed by atoms with van der Waals surface area (Å²) >= 11 is 6.11. The molecule has 0 bridgehead atoms. The Morgan fingerprint density at radius 2 is 1.82 bits per heavy atom. The van der Waals surface area contributed by atoms with Crippen LogP contribution in [0.5, 0.6) is 0 Å². The summed E-state index contributed by atoms with van der Waals surface area (Å²) in [4.78, 5) is 0.139. The summed E-state index contributed by atoms with van der Waals surface area (Å²) in [7, 11) is -3.70.